The molecule has 1 aromatic carbocycles. The van der Waals surface area contributed by atoms with Crippen LogP contribution in [-0.4, -0.2) is 38.8 Å². The number of H-pyrrole nitrogens is 2. The van der Waals surface area contributed by atoms with Crippen molar-refractivity contribution in [3.05, 3.63) is 63.0 Å². The maximum atomic E-state index is 12.7. The van der Waals surface area contributed by atoms with E-state index in [1.54, 1.807) is 19.9 Å². The second kappa shape index (κ2) is 8.16. The molecule has 0 saturated carbocycles. The minimum absolute atomic E-state index is 0.127. The third-order valence-electron chi connectivity index (χ3n) is 4.63. The monoisotopic (exact) mass is 457 g/mol. The van der Waals surface area contributed by atoms with E-state index in [0.717, 1.165) is 10.0 Å². The Kier molecular flexibility index (Phi) is 5.83. The number of esters is 1. The number of carbonyl (C=O) groups is 3. The number of hydrogen-bond donors (Lipinski definition) is 2. The molecule has 0 spiro atoms. The minimum Gasteiger partial charge on any atom is -0.449 e. The smallest absolute Gasteiger partial charge is 0.357 e. The van der Waals surface area contributed by atoms with Crippen molar-refractivity contribution in [2.75, 3.05) is 0 Å². The summed E-state index contributed by atoms with van der Waals surface area (Å²) < 4.78 is 6.25. The van der Waals surface area contributed by atoms with Crippen LogP contribution >= 0.6 is 15.9 Å². The van der Waals surface area contributed by atoms with Gasteiger partial charge in [-0.05, 0) is 51.5 Å². The lowest BCUT2D eigenvalue weighted by Gasteiger charge is -2.11. The maximum Gasteiger partial charge on any atom is 0.357 e. The van der Waals surface area contributed by atoms with E-state index >= 15 is 0 Å². The normalized spacial score (nSPS) is 11.9. The molecule has 8 heteroatoms. The number of nitrogens with one attached hydrogen (secondary N) is 2. The number of halogens is 1. The van der Waals surface area contributed by atoms with Gasteiger partial charge in [0.05, 0.1) is 11.4 Å². The number of carbonyl (C=O) groups excluding carboxylic acids is 3. The third-order valence-corrected chi connectivity index (χ3v) is 5.16. The number of ketones is 2. The van der Waals surface area contributed by atoms with Crippen LogP contribution in [0, 0.1) is 13.8 Å². The molecule has 0 fully saturated rings. The number of rotatable bonds is 6. The molecule has 1 unspecified atom stereocenters. The van der Waals surface area contributed by atoms with Crippen molar-refractivity contribution >= 4 is 33.5 Å². The van der Waals surface area contributed by atoms with Crippen LogP contribution in [0.2, 0.25) is 0 Å². The lowest BCUT2D eigenvalue weighted by atomic mass is 10.0. The molecule has 0 radical (unpaired) electrons. The number of aromatic nitrogens is 3. The van der Waals surface area contributed by atoms with Crippen molar-refractivity contribution in [2.24, 2.45) is 0 Å². The van der Waals surface area contributed by atoms with Crippen molar-refractivity contribution in [1.82, 2.24) is 15.2 Å². The highest BCUT2D eigenvalue weighted by Gasteiger charge is 2.27. The van der Waals surface area contributed by atoms with Gasteiger partial charge in [0.1, 0.15) is 5.69 Å². The minimum atomic E-state index is -1.03. The van der Waals surface area contributed by atoms with E-state index in [1.165, 1.54) is 13.8 Å². The molecular weight excluding hydrogens is 438 g/mol. The summed E-state index contributed by atoms with van der Waals surface area (Å²) in [7, 11) is 0. The molecule has 2 N–H and O–H groups in total. The molecule has 2 aromatic heterocycles. The molecule has 7 nitrogen and oxygen atoms in total. The first-order chi connectivity index (χ1) is 13.7. The zero-order valence-electron chi connectivity index (χ0n) is 16.4. The highest BCUT2D eigenvalue weighted by atomic mass is 79.9. The van der Waals surface area contributed by atoms with Gasteiger partial charge in [0, 0.05) is 21.3 Å². The predicted molar refractivity (Wildman–Crippen MR) is 111 cm³/mol. The third kappa shape index (κ3) is 4.22. The summed E-state index contributed by atoms with van der Waals surface area (Å²) >= 11 is 3.37. The average Bonchev–Trinajstić information content (AvgIpc) is 3.26. The van der Waals surface area contributed by atoms with Gasteiger partial charge in [0.15, 0.2) is 11.9 Å². The Labute approximate surface area is 176 Å². The van der Waals surface area contributed by atoms with Crippen LogP contribution in [0.5, 0.6) is 0 Å². The van der Waals surface area contributed by atoms with Gasteiger partial charge in [-0.3, -0.25) is 14.7 Å². The summed E-state index contributed by atoms with van der Waals surface area (Å²) in [6, 6.07) is 9.05. The average molecular weight is 458 g/mol. The van der Waals surface area contributed by atoms with E-state index < -0.39 is 17.9 Å². The van der Waals surface area contributed by atoms with Crippen LogP contribution in [0.4, 0.5) is 0 Å². The number of ether oxygens (including phenoxy) is 1. The summed E-state index contributed by atoms with van der Waals surface area (Å²) in [4.78, 5) is 39.9. The van der Waals surface area contributed by atoms with Crippen LogP contribution in [0.25, 0.3) is 11.3 Å². The highest BCUT2D eigenvalue weighted by molar-refractivity contribution is 9.10. The van der Waals surface area contributed by atoms with Crippen LogP contribution in [-0.2, 0) is 4.74 Å². The first kappa shape index (κ1) is 20.7. The summed E-state index contributed by atoms with van der Waals surface area (Å²) in [5.74, 6) is -1.22. The number of hydrogen-bond acceptors (Lipinski definition) is 5. The molecule has 29 heavy (non-hydrogen) atoms. The van der Waals surface area contributed by atoms with Crippen LogP contribution in [0.1, 0.15) is 56.4 Å². The maximum absolute atomic E-state index is 12.7. The number of aryl methyl sites for hydroxylation is 1. The lowest BCUT2D eigenvalue weighted by molar-refractivity contribution is 0.0311. The SMILES string of the molecule is CC(=O)c1c(C)[nH]c(C(=O)C(C)OC(=O)c2cc(-c3ccc(Br)cc3)n[nH]2)c1C. The molecule has 2 heterocycles. The first-order valence-electron chi connectivity index (χ1n) is 8.95. The predicted octanol–water partition coefficient (Wildman–Crippen LogP) is 4.41. The van der Waals surface area contributed by atoms with Gasteiger partial charge in [0.2, 0.25) is 5.78 Å². The highest BCUT2D eigenvalue weighted by Crippen LogP contribution is 2.22. The second-order valence-electron chi connectivity index (χ2n) is 6.77. The fraction of sp³-hybridized carbons (Fsp3) is 0.238. The zero-order valence-corrected chi connectivity index (χ0v) is 18.0. The van der Waals surface area contributed by atoms with E-state index in [4.69, 9.17) is 4.74 Å². The first-order valence-corrected chi connectivity index (χ1v) is 9.75. The molecular formula is C21H20BrN3O4. The van der Waals surface area contributed by atoms with Crippen LogP contribution in [0.3, 0.4) is 0 Å². The Morgan fingerprint density at radius 1 is 1.14 bits per heavy atom. The largest absolute Gasteiger partial charge is 0.449 e. The van der Waals surface area contributed by atoms with E-state index in [1.807, 2.05) is 24.3 Å². The summed E-state index contributed by atoms with van der Waals surface area (Å²) in [6.07, 6.45) is -1.03. The van der Waals surface area contributed by atoms with Gasteiger partial charge >= 0.3 is 5.97 Å². The topological polar surface area (TPSA) is 105 Å². The van der Waals surface area contributed by atoms with E-state index in [-0.39, 0.29) is 17.2 Å². The molecule has 0 aliphatic heterocycles. The Morgan fingerprint density at radius 2 is 1.79 bits per heavy atom. The Bertz CT molecular complexity index is 1100. The molecule has 0 aliphatic carbocycles. The van der Waals surface area contributed by atoms with Gasteiger partial charge in [-0.25, -0.2) is 4.79 Å². The van der Waals surface area contributed by atoms with Gasteiger partial charge in [-0.15, -0.1) is 0 Å². The van der Waals surface area contributed by atoms with Gasteiger partial charge < -0.3 is 9.72 Å². The second-order valence-corrected chi connectivity index (χ2v) is 7.68. The number of nitrogens with zero attached hydrogens (tertiary/aromatic N) is 1. The van der Waals surface area contributed by atoms with E-state index in [0.29, 0.717) is 22.5 Å². The van der Waals surface area contributed by atoms with E-state index in [2.05, 4.69) is 31.1 Å². The Hall–Kier alpha value is -3.00. The Morgan fingerprint density at radius 3 is 2.38 bits per heavy atom. The van der Waals surface area contributed by atoms with Crippen LogP contribution in [0.15, 0.2) is 34.8 Å². The fourth-order valence-electron chi connectivity index (χ4n) is 3.20. The summed E-state index contributed by atoms with van der Waals surface area (Å²) in [5, 5.41) is 6.77. The number of Topliss-reactive ketones (excluding diaryl/α,β-unsaturated/α-hetero) is 2. The van der Waals surface area contributed by atoms with Crippen molar-refractivity contribution in [2.45, 2.75) is 33.8 Å². The molecule has 1 atom stereocenters. The van der Waals surface area contributed by atoms with Crippen molar-refractivity contribution < 1.29 is 19.1 Å². The summed E-state index contributed by atoms with van der Waals surface area (Å²) in [6.45, 7) is 6.37. The molecule has 0 saturated heterocycles. The van der Waals surface area contributed by atoms with Crippen molar-refractivity contribution in [3.63, 3.8) is 0 Å². The van der Waals surface area contributed by atoms with Crippen molar-refractivity contribution in [3.8, 4) is 11.3 Å². The van der Waals surface area contributed by atoms with Gasteiger partial charge in [-0.2, -0.15) is 5.10 Å². The van der Waals surface area contributed by atoms with Crippen LogP contribution < -0.4 is 0 Å². The standard InChI is InChI=1S/C21H20BrN3O4/c1-10-18(12(3)26)11(2)23-19(10)20(27)13(4)29-21(28)17-9-16(24-25-17)14-5-7-15(22)8-6-14/h5-9,13,23H,1-4H3,(H,24,25). The van der Waals surface area contributed by atoms with E-state index in [9.17, 15) is 14.4 Å². The molecule has 150 valence electrons. The van der Waals surface area contributed by atoms with Crippen molar-refractivity contribution in [1.29, 1.82) is 0 Å². The summed E-state index contributed by atoms with van der Waals surface area (Å²) in [5.41, 5.74) is 3.50. The fourth-order valence-corrected chi connectivity index (χ4v) is 3.46. The molecule has 0 bridgehead atoms. The quantitative estimate of drug-likeness (QED) is 0.421. The Balaban J connectivity index is 1.74. The molecule has 0 aliphatic rings. The number of aromatic amines is 2. The van der Waals surface area contributed by atoms with Gasteiger partial charge in [0.25, 0.3) is 0 Å². The molecule has 3 rings (SSSR count). The molecule has 0 amide bonds. The van der Waals surface area contributed by atoms with Gasteiger partial charge in [-0.1, -0.05) is 28.1 Å². The lowest BCUT2D eigenvalue weighted by Crippen LogP contribution is -2.25. The molecule has 3 aromatic rings. The zero-order chi connectivity index (χ0) is 21.3. The number of benzene rings is 1.